The predicted octanol–water partition coefficient (Wildman–Crippen LogP) is 2.51. The van der Waals surface area contributed by atoms with Crippen LogP contribution in [0.25, 0.3) is 0 Å². The molecule has 2 rings (SSSR count). The van der Waals surface area contributed by atoms with E-state index in [4.69, 9.17) is 0 Å². The predicted molar refractivity (Wildman–Crippen MR) is 66.3 cm³/mol. The summed E-state index contributed by atoms with van der Waals surface area (Å²) in [6, 6.07) is 0.732. The minimum Gasteiger partial charge on any atom is -0.348 e. The van der Waals surface area contributed by atoms with Gasteiger partial charge in [0, 0.05) is 30.9 Å². The number of aromatic nitrogens is 2. The molecule has 1 fully saturated rings. The number of nitrogens with zero attached hydrogens (tertiary/aromatic N) is 1. The molecule has 3 heteroatoms. The lowest BCUT2D eigenvalue weighted by Gasteiger charge is -2.34. The van der Waals surface area contributed by atoms with E-state index in [1.807, 2.05) is 6.20 Å². The summed E-state index contributed by atoms with van der Waals surface area (Å²) in [5.74, 6) is 0. The Morgan fingerprint density at radius 1 is 1.44 bits per heavy atom. The fourth-order valence-electron chi connectivity index (χ4n) is 2.44. The number of hydrogen-bond donors (Lipinski definition) is 2. The first-order valence-corrected chi connectivity index (χ1v) is 6.36. The van der Waals surface area contributed by atoms with Gasteiger partial charge in [0.05, 0.1) is 6.33 Å². The van der Waals surface area contributed by atoms with E-state index in [1.165, 1.54) is 31.4 Å². The zero-order valence-corrected chi connectivity index (χ0v) is 10.4. The van der Waals surface area contributed by atoms with E-state index >= 15 is 0 Å². The number of hydrogen-bond acceptors (Lipinski definition) is 2. The fraction of sp³-hybridized carbons (Fsp3) is 0.769. The van der Waals surface area contributed by atoms with Gasteiger partial charge in [-0.25, -0.2) is 4.98 Å². The Morgan fingerprint density at radius 2 is 2.19 bits per heavy atom. The largest absolute Gasteiger partial charge is 0.348 e. The Morgan fingerprint density at radius 3 is 2.81 bits per heavy atom. The van der Waals surface area contributed by atoms with Crippen LogP contribution < -0.4 is 5.32 Å². The number of H-pyrrole nitrogens is 1. The SMILES string of the molecule is CC1(C)CCC(NCCc2cnc[nH]2)CC1. The number of nitrogens with one attached hydrogen (secondary N) is 2. The van der Waals surface area contributed by atoms with E-state index in [1.54, 1.807) is 6.33 Å². The number of imidazole rings is 1. The van der Waals surface area contributed by atoms with Gasteiger partial charge < -0.3 is 10.3 Å². The standard InChI is InChI=1S/C13H23N3/c1-13(2)6-3-11(4-7-13)15-8-5-12-9-14-10-16-12/h9-11,15H,3-8H2,1-2H3,(H,14,16). The van der Waals surface area contributed by atoms with Gasteiger partial charge in [-0.3, -0.25) is 0 Å². The van der Waals surface area contributed by atoms with Crippen LogP contribution in [-0.2, 0) is 6.42 Å². The Hall–Kier alpha value is -0.830. The van der Waals surface area contributed by atoms with Crippen LogP contribution in [0.2, 0.25) is 0 Å². The third kappa shape index (κ3) is 3.34. The first kappa shape index (κ1) is 11.6. The van der Waals surface area contributed by atoms with Crippen LogP contribution in [0.5, 0.6) is 0 Å². The van der Waals surface area contributed by atoms with Crippen molar-refractivity contribution >= 4 is 0 Å². The molecule has 1 aromatic rings. The Labute approximate surface area is 98.1 Å². The zero-order chi connectivity index (χ0) is 11.4. The molecular weight excluding hydrogens is 198 g/mol. The van der Waals surface area contributed by atoms with E-state index in [0.717, 1.165) is 19.0 Å². The minimum atomic E-state index is 0.571. The summed E-state index contributed by atoms with van der Waals surface area (Å²) in [6.45, 7) is 5.83. The molecule has 0 spiro atoms. The summed E-state index contributed by atoms with van der Waals surface area (Å²) in [5, 5.41) is 3.65. The maximum atomic E-state index is 4.02. The lowest BCUT2D eigenvalue weighted by atomic mass is 9.75. The second-order valence-corrected chi connectivity index (χ2v) is 5.72. The molecule has 90 valence electrons. The third-order valence-corrected chi connectivity index (χ3v) is 3.72. The van der Waals surface area contributed by atoms with E-state index in [2.05, 4.69) is 29.1 Å². The summed E-state index contributed by atoms with van der Waals surface area (Å²) in [7, 11) is 0. The molecule has 0 aromatic carbocycles. The molecule has 0 radical (unpaired) electrons. The molecule has 1 aliphatic rings. The molecule has 0 aliphatic heterocycles. The molecule has 1 aromatic heterocycles. The second kappa shape index (κ2) is 5.00. The normalized spacial score (nSPS) is 21.1. The molecule has 16 heavy (non-hydrogen) atoms. The Kier molecular flexibility index (Phi) is 3.64. The molecule has 0 atom stereocenters. The third-order valence-electron chi connectivity index (χ3n) is 3.72. The lowest BCUT2D eigenvalue weighted by Crippen LogP contribution is -2.36. The summed E-state index contributed by atoms with van der Waals surface area (Å²) in [4.78, 5) is 7.16. The van der Waals surface area contributed by atoms with Crippen LogP contribution in [-0.4, -0.2) is 22.6 Å². The molecule has 0 unspecified atom stereocenters. The van der Waals surface area contributed by atoms with Crippen LogP contribution in [0, 0.1) is 5.41 Å². The first-order valence-electron chi connectivity index (χ1n) is 6.36. The summed E-state index contributed by atoms with van der Waals surface area (Å²) < 4.78 is 0. The Balaban J connectivity index is 1.64. The van der Waals surface area contributed by atoms with Gasteiger partial charge in [0.15, 0.2) is 0 Å². The van der Waals surface area contributed by atoms with Gasteiger partial charge in [-0.2, -0.15) is 0 Å². The maximum Gasteiger partial charge on any atom is 0.0921 e. The van der Waals surface area contributed by atoms with Gasteiger partial charge in [-0.05, 0) is 31.1 Å². The molecule has 3 nitrogen and oxygen atoms in total. The smallest absolute Gasteiger partial charge is 0.0921 e. The van der Waals surface area contributed by atoms with Crippen LogP contribution in [0.1, 0.15) is 45.2 Å². The van der Waals surface area contributed by atoms with E-state index in [0.29, 0.717) is 5.41 Å². The maximum absolute atomic E-state index is 4.02. The second-order valence-electron chi connectivity index (χ2n) is 5.72. The van der Waals surface area contributed by atoms with Crippen molar-refractivity contribution < 1.29 is 0 Å². The average molecular weight is 221 g/mol. The lowest BCUT2D eigenvalue weighted by molar-refractivity contribution is 0.207. The molecule has 1 aliphatic carbocycles. The monoisotopic (exact) mass is 221 g/mol. The first-order chi connectivity index (χ1) is 7.66. The van der Waals surface area contributed by atoms with Crippen molar-refractivity contribution in [1.29, 1.82) is 0 Å². The number of aromatic amines is 1. The molecule has 1 saturated carbocycles. The van der Waals surface area contributed by atoms with Crippen molar-refractivity contribution in [1.82, 2.24) is 15.3 Å². The van der Waals surface area contributed by atoms with Gasteiger partial charge in [0.1, 0.15) is 0 Å². The summed E-state index contributed by atoms with van der Waals surface area (Å²) >= 11 is 0. The van der Waals surface area contributed by atoms with Gasteiger partial charge in [-0.1, -0.05) is 13.8 Å². The van der Waals surface area contributed by atoms with Crippen LogP contribution >= 0.6 is 0 Å². The van der Waals surface area contributed by atoms with Crippen LogP contribution in [0.3, 0.4) is 0 Å². The van der Waals surface area contributed by atoms with Gasteiger partial charge >= 0.3 is 0 Å². The van der Waals surface area contributed by atoms with Crippen molar-refractivity contribution in [3.63, 3.8) is 0 Å². The molecule has 1 heterocycles. The van der Waals surface area contributed by atoms with Crippen molar-refractivity contribution in [3.8, 4) is 0 Å². The minimum absolute atomic E-state index is 0.571. The highest BCUT2D eigenvalue weighted by Crippen LogP contribution is 2.34. The fourth-order valence-corrected chi connectivity index (χ4v) is 2.44. The van der Waals surface area contributed by atoms with Gasteiger partial charge in [0.2, 0.25) is 0 Å². The summed E-state index contributed by atoms with van der Waals surface area (Å²) in [6.07, 6.45) is 10.1. The van der Waals surface area contributed by atoms with Crippen molar-refractivity contribution in [2.45, 2.75) is 52.0 Å². The van der Waals surface area contributed by atoms with E-state index < -0.39 is 0 Å². The van der Waals surface area contributed by atoms with Crippen molar-refractivity contribution in [2.75, 3.05) is 6.54 Å². The zero-order valence-electron chi connectivity index (χ0n) is 10.4. The average Bonchev–Trinajstić information content (AvgIpc) is 2.73. The molecule has 0 bridgehead atoms. The van der Waals surface area contributed by atoms with Crippen LogP contribution in [0.15, 0.2) is 12.5 Å². The Bertz CT molecular complexity index is 293. The molecule has 2 N–H and O–H groups in total. The van der Waals surface area contributed by atoms with E-state index in [9.17, 15) is 0 Å². The van der Waals surface area contributed by atoms with E-state index in [-0.39, 0.29) is 0 Å². The summed E-state index contributed by atoms with van der Waals surface area (Å²) in [5.41, 5.74) is 1.80. The quantitative estimate of drug-likeness (QED) is 0.820. The van der Waals surface area contributed by atoms with Crippen molar-refractivity contribution in [3.05, 3.63) is 18.2 Å². The topological polar surface area (TPSA) is 40.7 Å². The van der Waals surface area contributed by atoms with Gasteiger partial charge in [0.25, 0.3) is 0 Å². The van der Waals surface area contributed by atoms with Crippen molar-refractivity contribution in [2.24, 2.45) is 5.41 Å². The highest BCUT2D eigenvalue weighted by Gasteiger charge is 2.26. The van der Waals surface area contributed by atoms with Gasteiger partial charge in [-0.15, -0.1) is 0 Å². The highest BCUT2D eigenvalue weighted by molar-refractivity contribution is 4.95. The molecule has 0 saturated heterocycles. The molecule has 0 amide bonds. The highest BCUT2D eigenvalue weighted by atomic mass is 14.9. The van der Waals surface area contributed by atoms with Crippen LogP contribution in [0.4, 0.5) is 0 Å². The molecular formula is C13H23N3. The number of rotatable bonds is 4.